The molecular weight excluding hydrogens is 230 g/mol. The fraction of sp³-hybridized carbons (Fsp3) is 0.500. The number of benzene rings is 1. The van der Waals surface area contributed by atoms with Gasteiger partial charge in [0.1, 0.15) is 0 Å². The smallest absolute Gasteiger partial charge is 0.220 e. The number of nitrogens with one attached hydrogen (secondary N) is 1. The van der Waals surface area contributed by atoms with Gasteiger partial charge in [-0.3, -0.25) is 4.79 Å². The molecule has 1 amide bonds. The molecule has 0 radical (unpaired) electrons. The summed E-state index contributed by atoms with van der Waals surface area (Å²) in [6, 6.07) is 8.51. The SMILES string of the molecule is CCCCC(=O)NCCc1ccc(SC)cc1. The van der Waals surface area contributed by atoms with Gasteiger partial charge >= 0.3 is 0 Å². The van der Waals surface area contributed by atoms with Crippen molar-refractivity contribution in [1.82, 2.24) is 5.32 Å². The number of amides is 1. The van der Waals surface area contributed by atoms with E-state index in [2.05, 4.69) is 42.8 Å². The molecule has 17 heavy (non-hydrogen) atoms. The molecule has 1 N–H and O–H groups in total. The Morgan fingerprint density at radius 3 is 2.59 bits per heavy atom. The number of rotatable bonds is 7. The van der Waals surface area contributed by atoms with Gasteiger partial charge in [0, 0.05) is 17.9 Å². The normalized spacial score (nSPS) is 10.2. The summed E-state index contributed by atoms with van der Waals surface area (Å²) in [5, 5.41) is 2.95. The van der Waals surface area contributed by atoms with Crippen molar-refractivity contribution in [2.75, 3.05) is 12.8 Å². The van der Waals surface area contributed by atoms with Crippen molar-refractivity contribution in [3.63, 3.8) is 0 Å². The molecule has 0 fully saturated rings. The van der Waals surface area contributed by atoms with Crippen LogP contribution in [-0.4, -0.2) is 18.7 Å². The highest BCUT2D eigenvalue weighted by molar-refractivity contribution is 7.98. The van der Waals surface area contributed by atoms with Gasteiger partial charge in [-0.2, -0.15) is 0 Å². The number of hydrogen-bond acceptors (Lipinski definition) is 2. The van der Waals surface area contributed by atoms with Gasteiger partial charge in [-0.05, 0) is 36.8 Å². The van der Waals surface area contributed by atoms with Gasteiger partial charge < -0.3 is 5.32 Å². The Hall–Kier alpha value is -0.960. The van der Waals surface area contributed by atoms with Crippen LogP contribution in [0.4, 0.5) is 0 Å². The molecule has 3 heteroatoms. The maximum Gasteiger partial charge on any atom is 0.220 e. The zero-order valence-corrected chi connectivity index (χ0v) is 11.5. The molecule has 94 valence electrons. The molecule has 0 heterocycles. The third-order valence-corrected chi connectivity index (χ3v) is 3.40. The second kappa shape index (κ2) is 8.18. The minimum absolute atomic E-state index is 0.174. The lowest BCUT2D eigenvalue weighted by Crippen LogP contribution is -2.25. The second-order valence-electron chi connectivity index (χ2n) is 4.05. The largest absolute Gasteiger partial charge is 0.356 e. The van der Waals surface area contributed by atoms with Gasteiger partial charge in [0.2, 0.25) is 5.91 Å². The van der Waals surface area contributed by atoms with E-state index in [9.17, 15) is 4.79 Å². The second-order valence-corrected chi connectivity index (χ2v) is 4.93. The molecule has 1 aromatic carbocycles. The van der Waals surface area contributed by atoms with Crippen LogP contribution in [0.1, 0.15) is 31.7 Å². The first-order valence-corrected chi connectivity index (χ1v) is 7.38. The first-order chi connectivity index (χ1) is 8.26. The van der Waals surface area contributed by atoms with Gasteiger partial charge in [0.25, 0.3) is 0 Å². The fourth-order valence-electron chi connectivity index (χ4n) is 1.56. The van der Waals surface area contributed by atoms with Crippen molar-refractivity contribution in [3.8, 4) is 0 Å². The van der Waals surface area contributed by atoms with Crippen molar-refractivity contribution in [2.45, 2.75) is 37.5 Å². The highest BCUT2D eigenvalue weighted by Gasteiger charge is 1.99. The van der Waals surface area contributed by atoms with Crippen LogP contribution in [-0.2, 0) is 11.2 Å². The van der Waals surface area contributed by atoms with Gasteiger partial charge in [0.15, 0.2) is 0 Å². The molecule has 0 aliphatic rings. The topological polar surface area (TPSA) is 29.1 Å². The monoisotopic (exact) mass is 251 g/mol. The van der Waals surface area contributed by atoms with Crippen LogP contribution < -0.4 is 5.32 Å². The summed E-state index contributed by atoms with van der Waals surface area (Å²) in [6.07, 6.45) is 5.69. The highest BCUT2D eigenvalue weighted by Crippen LogP contribution is 2.14. The van der Waals surface area contributed by atoms with Crippen molar-refractivity contribution in [1.29, 1.82) is 0 Å². The molecule has 0 spiro atoms. The first-order valence-electron chi connectivity index (χ1n) is 6.16. The maximum absolute atomic E-state index is 11.4. The average molecular weight is 251 g/mol. The minimum atomic E-state index is 0.174. The average Bonchev–Trinajstić information content (AvgIpc) is 2.37. The molecule has 0 unspecified atom stereocenters. The van der Waals surface area contributed by atoms with Crippen LogP contribution in [0, 0.1) is 0 Å². The number of carbonyl (C=O) groups is 1. The zero-order chi connectivity index (χ0) is 12.5. The molecule has 0 aliphatic carbocycles. The Bertz CT molecular complexity index is 335. The van der Waals surface area contributed by atoms with E-state index in [0.29, 0.717) is 6.42 Å². The quantitative estimate of drug-likeness (QED) is 0.754. The summed E-state index contributed by atoms with van der Waals surface area (Å²) in [4.78, 5) is 12.7. The van der Waals surface area contributed by atoms with E-state index in [1.54, 1.807) is 11.8 Å². The molecule has 2 nitrogen and oxygen atoms in total. The first kappa shape index (κ1) is 14.1. The summed E-state index contributed by atoms with van der Waals surface area (Å²) >= 11 is 1.75. The number of carbonyl (C=O) groups excluding carboxylic acids is 1. The van der Waals surface area contributed by atoms with E-state index in [1.165, 1.54) is 10.5 Å². The van der Waals surface area contributed by atoms with Crippen LogP contribution in [0.2, 0.25) is 0 Å². The summed E-state index contributed by atoms with van der Waals surface area (Å²) in [7, 11) is 0. The van der Waals surface area contributed by atoms with Crippen LogP contribution in [0.3, 0.4) is 0 Å². The molecular formula is C14H21NOS. The Morgan fingerprint density at radius 1 is 1.29 bits per heavy atom. The highest BCUT2D eigenvalue weighted by atomic mass is 32.2. The van der Waals surface area contributed by atoms with E-state index < -0.39 is 0 Å². The fourth-order valence-corrected chi connectivity index (χ4v) is 1.97. The van der Waals surface area contributed by atoms with Crippen LogP contribution in [0.25, 0.3) is 0 Å². The van der Waals surface area contributed by atoms with Crippen molar-refractivity contribution < 1.29 is 4.79 Å². The Labute approximate surface area is 108 Å². The van der Waals surface area contributed by atoms with Gasteiger partial charge in [-0.1, -0.05) is 25.5 Å². The minimum Gasteiger partial charge on any atom is -0.356 e. The molecule has 0 aromatic heterocycles. The molecule has 1 rings (SSSR count). The van der Waals surface area contributed by atoms with E-state index in [-0.39, 0.29) is 5.91 Å². The van der Waals surface area contributed by atoms with Crippen LogP contribution in [0.5, 0.6) is 0 Å². The van der Waals surface area contributed by atoms with E-state index in [4.69, 9.17) is 0 Å². The molecule has 0 atom stereocenters. The van der Waals surface area contributed by atoms with Crippen molar-refractivity contribution >= 4 is 17.7 Å². The Balaban J connectivity index is 2.23. The molecule has 0 saturated carbocycles. The van der Waals surface area contributed by atoms with Gasteiger partial charge in [-0.25, -0.2) is 0 Å². The van der Waals surface area contributed by atoms with Gasteiger partial charge in [-0.15, -0.1) is 11.8 Å². The third kappa shape index (κ3) is 5.78. The number of hydrogen-bond donors (Lipinski definition) is 1. The maximum atomic E-state index is 11.4. The standard InChI is InChI=1S/C14H21NOS/c1-3-4-5-14(16)15-11-10-12-6-8-13(17-2)9-7-12/h6-9H,3-5,10-11H2,1-2H3,(H,15,16). The predicted molar refractivity (Wildman–Crippen MR) is 74.5 cm³/mol. The van der Waals surface area contributed by atoms with E-state index >= 15 is 0 Å². The Morgan fingerprint density at radius 2 is 2.00 bits per heavy atom. The van der Waals surface area contributed by atoms with Gasteiger partial charge in [0.05, 0.1) is 0 Å². The molecule has 1 aromatic rings. The Kier molecular flexibility index (Phi) is 6.78. The lowest BCUT2D eigenvalue weighted by Gasteiger charge is -2.05. The molecule has 0 bridgehead atoms. The van der Waals surface area contributed by atoms with E-state index in [0.717, 1.165) is 25.8 Å². The summed E-state index contributed by atoms with van der Waals surface area (Å²) in [5.74, 6) is 0.174. The molecule has 0 aliphatic heterocycles. The number of thioether (sulfide) groups is 1. The third-order valence-electron chi connectivity index (χ3n) is 2.65. The lowest BCUT2D eigenvalue weighted by atomic mass is 10.1. The zero-order valence-electron chi connectivity index (χ0n) is 10.7. The van der Waals surface area contributed by atoms with Crippen LogP contribution in [0.15, 0.2) is 29.2 Å². The summed E-state index contributed by atoms with van der Waals surface area (Å²) in [6.45, 7) is 2.84. The number of unbranched alkanes of at least 4 members (excludes halogenated alkanes) is 1. The van der Waals surface area contributed by atoms with Crippen molar-refractivity contribution in [2.24, 2.45) is 0 Å². The lowest BCUT2D eigenvalue weighted by molar-refractivity contribution is -0.121. The van der Waals surface area contributed by atoms with Crippen molar-refractivity contribution in [3.05, 3.63) is 29.8 Å². The van der Waals surface area contributed by atoms with E-state index in [1.807, 2.05) is 0 Å². The summed E-state index contributed by atoms with van der Waals surface area (Å²) in [5.41, 5.74) is 1.28. The summed E-state index contributed by atoms with van der Waals surface area (Å²) < 4.78 is 0. The predicted octanol–water partition coefficient (Wildman–Crippen LogP) is 3.26. The van der Waals surface area contributed by atoms with Crippen LogP contribution >= 0.6 is 11.8 Å². The molecule has 0 saturated heterocycles.